The van der Waals surface area contributed by atoms with E-state index in [1.165, 1.54) is 12.1 Å². The fraction of sp³-hybridized carbons (Fsp3) is 0.462. The summed E-state index contributed by atoms with van der Waals surface area (Å²) in [7, 11) is -1.62. The molecule has 0 radical (unpaired) electrons. The summed E-state index contributed by atoms with van der Waals surface area (Å²) < 4.78 is 0. The summed E-state index contributed by atoms with van der Waals surface area (Å²) in [6.45, 7) is 3.67. The zero-order chi connectivity index (χ0) is 14.0. The molecule has 1 saturated heterocycles. The van der Waals surface area contributed by atoms with Gasteiger partial charge in [-0.1, -0.05) is 24.6 Å². The molecule has 2 N–H and O–H groups in total. The van der Waals surface area contributed by atoms with E-state index < -0.39 is 7.12 Å². The monoisotopic (exact) mass is 281 g/mol. The molecule has 0 spiro atoms. The van der Waals surface area contributed by atoms with Crippen LogP contribution >= 0.6 is 11.6 Å². The molecule has 1 fully saturated rings. The summed E-state index contributed by atoms with van der Waals surface area (Å²) in [5, 5.41) is 18.4. The van der Waals surface area contributed by atoms with Crippen LogP contribution < -0.4 is 5.46 Å². The topological polar surface area (TPSA) is 60.8 Å². The average Bonchev–Trinajstić information content (AvgIpc) is 2.37. The van der Waals surface area contributed by atoms with Crippen LogP contribution in [0, 0.1) is 5.92 Å². The second-order valence-electron chi connectivity index (χ2n) is 5.11. The molecule has 1 amide bonds. The largest absolute Gasteiger partial charge is 0.489 e. The molecule has 19 heavy (non-hydrogen) atoms. The lowest BCUT2D eigenvalue weighted by Crippen LogP contribution is -2.39. The lowest BCUT2D eigenvalue weighted by molar-refractivity contribution is 0.0683. The third kappa shape index (κ3) is 3.29. The second-order valence-corrected chi connectivity index (χ2v) is 5.52. The third-order valence-corrected chi connectivity index (χ3v) is 3.80. The molecule has 1 heterocycles. The Balaban J connectivity index is 2.17. The molecule has 6 heteroatoms. The molecule has 0 bridgehead atoms. The summed E-state index contributed by atoms with van der Waals surface area (Å²) in [5.74, 6) is 0.471. The highest BCUT2D eigenvalue weighted by Gasteiger charge is 2.23. The van der Waals surface area contributed by atoms with Crippen LogP contribution in [0.25, 0.3) is 0 Å². The van der Waals surface area contributed by atoms with Gasteiger partial charge in [-0.05, 0) is 30.9 Å². The lowest BCUT2D eigenvalue weighted by Gasteiger charge is -2.31. The molecule has 0 aliphatic carbocycles. The highest BCUT2D eigenvalue weighted by molar-refractivity contribution is 6.62. The van der Waals surface area contributed by atoms with Crippen LogP contribution in [0.1, 0.15) is 30.1 Å². The first-order valence-electron chi connectivity index (χ1n) is 6.44. The number of nitrogens with zero attached hydrogens (tertiary/aromatic N) is 1. The van der Waals surface area contributed by atoms with E-state index in [1.54, 1.807) is 6.07 Å². The highest BCUT2D eigenvalue weighted by atomic mass is 35.5. The van der Waals surface area contributed by atoms with E-state index in [9.17, 15) is 4.79 Å². The number of hydrogen-bond acceptors (Lipinski definition) is 3. The average molecular weight is 282 g/mol. The number of halogens is 1. The van der Waals surface area contributed by atoms with Crippen LogP contribution in [0.3, 0.4) is 0 Å². The zero-order valence-corrected chi connectivity index (χ0v) is 11.6. The van der Waals surface area contributed by atoms with Crippen LogP contribution in [-0.2, 0) is 0 Å². The van der Waals surface area contributed by atoms with Gasteiger partial charge in [-0.3, -0.25) is 4.79 Å². The molecular formula is C13H17BClNO3. The van der Waals surface area contributed by atoms with Crippen molar-refractivity contribution in [1.29, 1.82) is 0 Å². The molecule has 4 nitrogen and oxygen atoms in total. The Morgan fingerprint density at radius 3 is 2.79 bits per heavy atom. The number of rotatable bonds is 2. The van der Waals surface area contributed by atoms with Crippen LogP contribution in [0.5, 0.6) is 0 Å². The smallest absolute Gasteiger partial charge is 0.423 e. The SMILES string of the molecule is C[C@H]1CCCN(C(=O)c2ccc(B(O)O)c(Cl)c2)C1. The van der Waals surface area contributed by atoms with Gasteiger partial charge in [0.1, 0.15) is 0 Å². The molecule has 0 aromatic heterocycles. The molecule has 1 aromatic carbocycles. The summed E-state index contributed by atoms with van der Waals surface area (Å²) in [6.07, 6.45) is 2.17. The van der Waals surface area contributed by atoms with E-state index in [0.717, 1.165) is 25.9 Å². The molecule has 1 aromatic rings. The maximum absolute atomic E-state index is 12.3. The first kappa shape index (κ1) is 14.4. The Morgan fingerprint density at radius 1 is 1.47 bits per heavy atom. The summed E-state index contributed by atoms with van der Waals surface area (Å²) >= 11 is 5.95. The molecule has 1 atom stereocenters. The van der Waals surface area contributed by atoms with Gasteiger partial charge in [0.25, 0.3) is 5.91 Å². The zero-order valence-electron chi connectivity index (χ0n) is 10.8. The van der Waals surface area contributed by atoms with Crippen LogP contribution in [0.4, 0.5) is 0 Å². The fourth-order valence-electron chi connectivity index (χ4n) is 2.43. The van der Waals surface area contributed by atoms with E-state index in [2.05, 4.69) is 6.92 Å². The van der Waals surface area contributed by atoms with E-state index >= 15 is 0 Å². The summed E-state index contributed by atoms with van der Waals surface area (Å²) in [6, 6.07) is 4.56. The molecular weight excluding hydrogens is 264 g/mol. The van der Waals surface area contributed by atoms with Gasteiger partial charge in [-0.15, -0.1) is 0 Å². The highest BCUT2D eigenvalue weighted by Crippen LogP contribution is 2.19. The molecule has 1 aliphatic heterocycles. The minimum atomic E-state index is -1.62. The molecule has 0 saturated carbocycles. The van der Waals surface area contributed by atoms with Crippen molar-refractivity contribution in [2.75, 3.05) is 13.1 Å². The molecule has 1 aliphatic rings. The predicted octanol–water partition coefficient (Wildman–Crippen LogP) is 0.892. The molecule has 2 rings (SSSR count). The molecule has 102 valence electrons. The van der Waals surface area contributed by atoms with Crippen molar-refractivity contribution in [3.63, 3.8) is 0 Å². The van der Waals surface area contributed by atoms with E-state index in [-0.39, 0.29) is 16.4 Å². The summed E-state index contributed by atoms with van der Waals surface area (Å²) in [4.78, 5) is 14.1. The van der Waals surface area contributed by atoms with Gasteiger partial charge in [0.15, 0.2) is 0 Å². The first-order valence-corrected chi connectivity index (χ1v) is 6.81. The van der Waals surface area contributed by atoms with Crippen LogP contribution in [0.2, 0.25) is 5.02 Å². The maximum Gasteiger partial charge on any atom is 0.489 e. The van der Waals surface area contributed by atoms with Crippen molar-refractivity contribution < 1.29 is 14.8 Å². The quantitative estimate of drug-likeness (QED) is 0.792. The van der Waals surface area contributed by atoms with Crippen LogP contribution in [0.15, 0.2) is 18.2 Å². The molecule has 0 unspecified atom stereocenters. The van der Waals surface area contributed by atoms with Crippen molar-refractivity contribution >= 4 is 30.1 Å². The number of carbonyl (C=O) groups excluding carboxylic acids is 1. The first-order chi connectivity index (χ1) is 8.99. The Kier molecular flexibility index (Phi) is 4.50. The van der Waals surface area contributed by atoms with Gasteiger partial charge in [0.05, 0.1) is 0 Å². The van der Waals surface area contributed by atoms with Gasteiger partial charge in [0.2, 0.25) is 0 Å². The maximum atomic E-state index is 12.3. The standard InChI is InChI=1S/C13H17BClNO3/c1-9-3-2-6-16(8-9)13(17)10-4-5-11(14(18)19)12(15)7-10/h4-5,7,9,18-19H,2-3,6,8H2,1H3/t9-/m0/s1. The van der Waals surface area contributed by atoms with Gasteiger partial charge in [-0.2, -0.15) is 0 Å². The normalized spacial score (nSPS) is 19.4. The van der Waals surface area contributed by atoms with Crippen molar-refractivity contribution in [2.45, 2.75) is 19.8 Å². The Hall–Kier alpha value is -1.04. The van der Waals surface area contributed by atoms with Gasteiger partial charge >= 0.3 is 7.12 Å². The van der Waals surface area contributed by atoms with Crippen molar-refractivity contribution in [3.05, 3.63) is 28.8 Å². The minimum absolute atomic E-state index is 0.0487. The number of benzene rings is 1. The minimum Gasteiger partial charge on any atom is -0.423 e. The van der Waals surface area contributed by atoms with E-state index in [0.29, 0.717) is 11.5 Å². The van der Waals surface area contributed by atoms with Gasteiger partial charge in [0, 0.05) is 29.1 Å². The lowest BCUT2D eigenvalue weighted by atomic mass is 9.80. The fourth-order valence-corrected chi connectivity index (χ4v) is 2.70. The summed E-state index contributed by atoms with van der Waals surface area (Å²) in [5.41, 5.74) is 0.703. The number of carbonyl (C=O) groups is 1. The van der Waals surface area contributed by atoms with Crippen molar-refractivity contribution in [2.24, 2.45) is 5.92 Å². The Bertz CT molecular complexity index is 481. The number of hydrogen-bond donors (Lipinski definition) is 2. The number of amides is 1. The van der Waals surface area contributed by atoms with Crippen molar-refractivity contribution in [3.8, 4) is 0 Å². The number of piperidine rings is 1. The third-order valence-electron chi connectivity index (χ3n) is 3.47. The van der Waals surface area contributed by atoms with E-state index in [1.807, 2.05) is 4.90 Å². The second kappa shape index (κ2) is 5.95. The predicted molar refractivity (Wildman–Crippen MR) is 75.6 cm³/mol. The Morgan fingerprint density at radius 2 is 2.21 bits per heavy atom. The van der Waals surface area contributed by atoms with Gasteiger partial charge in [-0.25, -0.2) is 0 Å². The van der Waals surface area contributed by atoms with Crippen LogP contribution in [-0.4, -0.2) is 41.1 Å². The number of likely N-dealkylation sites (tertiary alicyclic amines) is 1. The Labute approximate surface area is 118 Å². The van der Waals surface area contributed by atoms with Gasteiger partial charge < -0.3 is 14.9 Å². The van der Waals surface area contributed by atoms with Crippen molar-refractivity contribution in [1.82, 2.24) is 4.90 Å². The van der Waals surface area contributed by atoms with E-state index in [4.69, 9.17) is 21.6 Å².